The van der Waals surface area contributed by atoms with Crippen LogP contribution in [0.3, 0.4) is 0 Å². The van der Waals surface area contributed by atoms with Crippen molar-refractivity contribution in [3.05, 3.63) is 33.9 Å². The molecular weight excluding hydrogens is 322 g/mol. The molecule has 7 heteroatoms. The normalized spacial score (nSPS) is 19.7. The van der Waals surface area contributed by atoms with Crippen LogP contribution in [0.2, 0.25) is 0 Å². The fourth-order valence-corrected chi connectivity index (χ4v) is 3.41. The lowest BCUT2D eigenvalue weighted by Crippen LogP contribution is -2.56. The van der Waals surface area contributed by atoms with Gasteiger partial charge in [0, 0.05) is 30.3 Å². The number of carbonyl (C=O) groups is 1. The van der Waals surface area contributed by atoms with E-state index in [4.69, 9.17) is 0 Å². The van der Waals surface area contributed by atoms with Crippen LogP contribution in [0.4, 0.5) is 11.4 Å². The number of nitro groups is 1. The summed E-state index contributed by atoms with van der Waals surface area (Å²) in [4.78, 5) is 24.5. The van der Waals surface area contributed by atoms with Crippen LogP contribution in [0.25, 0.3) is 0 Å². The maximum absolute atomic E-state index is 11.5. The van der Waals surface area contributed by atoms with Crippen LogP contribution < -0.4 is 10.2 Å². The second-order valence-electron chi connectivity index (χ2n) is 7.27. The first-order valence-corrected chi connectivity index (χ1v) is 8.84. The average molecular weight is 347 g/mol. The third-order valence-electron chi connectivity index (χ3n) is 5.41. The molecule has 1 saturated carbocycles. The number of aliphatic hydroxyl groups excluding tert-OH is 1. The fourth-order valence-electron chi connectivity index (χ4n) is 3.41. The van der Waals surface area contributed by atoms with Crippen molar-refractivity contribution in [2.45, 2.75) is 38.1 Å². The minimum Gasteiger partial charge on any atom is -0.394 e. The Bertz CT molecular complexity index is 664. The van der Waals surface area contributed by atoms with Gasteiger partial charge in [0.15, 0.2) is 5.78 Å². The van der Waals surface area contributed by atoms with E-state index in [9.17, 15) is 20.0 Å². The second-order valence-corrected chi connectivity index (χ2v) is 7.27. The molecule has 1 aromatic rings. The number of Topliss-reactive ketones (excluding diaryl/α,β-unsaturated/α-hetero) is 1. The molecule has 0 bridgehead atoms. The SMILES string of the molecule is CC(=O)c1ccc(N2CCC(CO)(NCC3CC3)CC2)c([N+](=O)[O-])c1. The lowest BCUT2D eigenvalue weighted by Gasteiger charge is -2.42. The van der Waals surface area contributed by atoms with Gasteiger partial charge in [0.1, 0.15) is 5.69 Å². The van der Waals surface area contributed by atoms with E-state index in [-0.39, 0.29) is 23.6 Å². The number of hydrogen-bond donors (Lipinski definition) is 2. The van der Waals surface area contributed by atoms with Gasteiger partial charge in [-0.05, 0) is 57.2 Å². The van der Waals surface area contributed by atoms with Crippen molar-refractivity contribution in [3.8, 4) is 0 Å². The predicted molar refractivity (Wildman–Crippen MR) is 95.1 cm³/mol. The number of piperidine rings is 1. The molecule has 136 valence electrons. The summed E-state index contributed by atoms with van der Waals surface area (Å²) in [5.41, 5.74) is 0.579. The summed E-state index contributed by atoms with van der Waals surface area (Å²) in [7, 11) is 0. The smallest absolute Gasteiger partial charge is 0.293 e. The van der Waals surface area contributed by atoms with E-state index in [1.807, 2.05) is 4.90 Å². The van der Waals surface area contributed by atoms with Crippen LogP contribution in [0, 0.1) is 16.0 Å². The summed E-state index contributed by atoms with van der Waals surface area (Å²) < 4.78 is 0. The number of benzene rings is 1. The van der Waals surface area contributed by atoms with E-state index in [0.29, 0.717) is 24.3 Å². The summed E-state index contributed by atoms with van der Waals surface area (Å²) >= 11 is 0. The number of aliphatic hydroxyl groups is 1. The molecule has 1 aromatic carbocycles. The van der Waals surface area contributed by atoms with E-state index in [0.717, 1.165) is 25.3 Å². The molecule has 0 amide bonds. The van der Waals surface area contributed by atoms with Crippen molar-refractivity contribution in [1.29, 1.82) is 0 Å². The zero-order valence-corrected chi connectivity index (χ0v) is 14.5. The third-order valence-corrected chi connectivity index (χ3v) is 5.41. The first kappa shape index (κ1) is 17.8. The zero-order valence-electron chi connectivity index (χ0n) is 14.5. The molecule has 0 unspecified atom stereocenters. The Morgan fingerprint density at radius 3 is 2.60 bits per heavy atom. The lowest BCUT2D eigenvalue weighted by atomic mass is 9.87. The number of nitro benzene ring substituents is 1. The molecule has 3 rings (SSSR count). The van der Waals surface area contributed by atoms with Gasteiger partial charge in [0.05, 0.1) is 11.5 Å². The monoisotopic (exact) mass is 347 g/mol. The molecule has 1 saturated heterocycles. The molecule has 25 heavy (non-hydrogen) atoms. The molecule has 1 aliphatic heterocycles. The topological polar surface area (TPSA) is 95.7 Å². The Balaban J connectivity index is 1.73. The van der Waals surface area contributed by atoms with Gasteiger partial charge in [-0.25, -0.2) is 0 Å². The van der Waals surface area contributed by atoms with Crippen molar-refractivity contribution in [2.75, 3.05) is 31.1 Å². The number of anilines is 1. The van der Waals surface area contributed by atoms with E-state index in [1.54, 1.807) is 12.1 Å². The molecule has 0 spiro atoms. The Morgan fingerprint density at radius 1 is 1.40 bits per heavy atom. The summed E-state index contributed by atoms with van der Waals surface area (Å²) in [6, 6.07) is 4.67. The lowest BCUT2D eigenvalue weighted by molar-refractivity contribution is -0.384. The zero-order chi connectivity index (χ0) is 18.0. The molecule has 2 aliphatic rings. The Kier molecular flexibility index (Phi) is 5.06. The Labute approximate surface area is 147 Å². The second kappa shape index (κ2) is 7.09. The van der Waals surface area contributed by atoms with E-state index in [1.165, 1.54) is 25.8 Å². The van der Waals surface area contributed by atoms with Crippen molar-refractivity contribution in [2.24, 2.45) is 5.92 Å². The first-order valence-electron chi connectivity index (χ1n) is 8.84. The van der Waals surface area contributed by atoms with Gasteiger partial charge in [-0.2, -0.15) is 0 Å². The standard InChI is InChI=1S/C18H25N3O4/c1-13(23)15-4-5-16(17(10-15)21(24)25)20-8-6-18(12-22,7-9-20)19-11-14-2-3-14/h4-5,10,14,19,22H,2-3,6-9,11-12H2,1H3. The van der Waals surface area contributed by atoms with Gasteiger partial charge < -0.3 is 15.3 Å². The first-order chi connectivity index (χ1) is 11.9. The third kappa shape index (κ3) is 3.99. The number of rotatable bonds is 7. The molecule has 2 fully saturated rings. The van der Waals surface area contributed by atoms with Crippen LogP contribution in [-0.2, 0) is 0 Å². The van der Waals surface area contributed by atoms with Crippen molar-refractivity contribution < 1.29 is 14.8 Å². The van der Waals surface area contributed by atoms with Gasteiger partial charge in [0.25, 0.3) is 5.69 Å². The van der Waals surface area contributed by atoms with Crippen molar-refractivity contribution in [3.63, 3.8) is 0 Å². The van der Waals surface area contributed by atoms with Crippen molar-refractivity contribution in [1.82, 2.24) is 5.32 Å². The highest BCUT2D eigenvalue weighted by Crippen LogP contribution is 2.34. The largest absolute Gasteiger partial charge is 0.394 e. The Hall–Kier alpha value is -1.99. The summed E-state index contributed by atoms with van der Waals surface area (Å²) in [5, 5.41) is 24.8. The number of hydrogen-bond acceptors (Lipinski definition) is 6. The van der Waals surface area contributed by atoms with Crippen LogP contribution in [0.5, 0.6) is 0 Å². The molecular formula is C18H25N3O4. The molecule has 0 atom stereocenters. The molecule has 0 radical (unpaired) electrons. The molecule has 1 heterocycles. The quantitative estimate of drug-likeness (QED) is 0.446. The van der Waals surface area contributed by atoms with Gasteiger partial charge in [0.2, 0.25) is 0 Å². The maximum Gasteiger partial charge on any atom is 0.293 e. The molecule has 7 nitrogen and oxygen atoms in total. The highest BCUT2D eigenvalue weighted by atomic mass is 16.6. The van der Waals surface area contributed by atoms with Gasteiger partial charge in [-0.15, -0.1) is 0 Å². The number of nitrogens with zero attached hydrogens (tertiary/aromatic N) is 2. The van der Waals surface area contributed by atoms with Crippen LogP contribution in [0.15, 0.2) is 18.2 Å². The highest BCUT2D eigenvalue weighted by Gasteiger charge is 2.36. The van der Waals surface area contributed by atoms with Crippen molar-refractivity contribution >= 4 is 17.2 Å². The van der Waals surface area contributed by atoms with Crippen LogP contribution in [-0.4, -0.2) is 47.6 Å². The summed E-state index contributed by atoms with van der Waals surface area (Å²) in [6.45, 7) is 3.70. The highest BCUT2D eigenvalue weighted by molar-refractivity contribution is 5.95. The van der Waals surface area contributed by atoms with Gasteiger partial charge in [-0.3, -0.25) is 14.9 Å². The summed E-state index contributed by atoms with van der Waals surface area (Å²) in [5.74, 6) is 0.554. The van der Waals surface area contributed by atoms with E-state index in [2.05, 4.69) is 5.32 Å². The van der Waals surface area contributed by atoms with E-state index < -0.39 is 4.92 Å². The predicted octanol–water partition coefficient (Wildman–Crippen LogP) is 2.13. The molecule has 1 aliphatic carbocycles. The van der Waals surface area contributed by atoms with Crippen LogP contribution in [0.1, 0.15) is 43.0 Å². The van der Waals surface area contributed by atoms with Gasteiger partial charge in [-0.1, -0.05) is 0 Å². The maximum atomic E-state index is 11.5. The fraction of sp³-hybridized carbons (Fsp3) is 0.611. The number of nitrogens with one attached hydrogen (secondary N) is 1. The number of carbonyl (C=O) groups excluding carboxylic acids is 1. The Morgan fingerprint density at radius 2 is 2.08 bits per heavy atom. The molecule has 2 N–H and O–H groups in total. The average Bonchev–Trinajstić information content (AvgIpc) is 3.44. The minimum absolute atomic E-state index is 0.0323. The molecule has 0 aromatic heterocycles. The summed E-state index contributed by atoms with van der Waals surface area (Å²) in [6.07, 6.45) is 3.99. The van der Waals surface area contributed by atoms with Gasteiger partial charge >= 0.3 is 0 Å². The minimum atomic E-state index is -0.430. The van der Waals surface area contributed by atoms with E-state index >= 15 is 0 Å². The van der Waals surface area contributed by atoms with Crippen LogP contribution >= 0.6 is 0 Å². The number of ketones is 1.